The zero-order chi connectivity index (χ0) is 24.6. The molecule has 180 valence electrons. The summed E-state index contributed by atoms with van der Waals surface area (Å²) in [5.74, 6) is 0.216. The van der Waals surface area contributed by atoms with E-state index in [1.165, 1.54) is 26.2 Å². The number of nitrogens with zero attached hydrogens (tertiary/aromatic N) is 1. The maximum absolute atomic E-state index is 12.5. The molecule has 2 rings (SSSR count). The van der Waals surface area contributed by atoms with Crippen LogP contribution in [0.15, 0.2) is 47.4 Å². The molecular formula is C23H31N3O6S. The van der Waals surface area contributed by atoms with Gasteiger partial charge in [0.15, 0.2) is 11.5 Å². The Bertz CT molecular complexity index is 1070. The van der Waals surface area contributed by atoms with Gasteiger partial charge in [-0.25, -0.2) is 12.7 Å². The lowest BCUT2D eigenvalue weighted by molar-refractivity contribution is -0.120. The first-order chi connectivity index (χ1) is 15.6. The molecule has 2 N–H and O–H groups in total. The Morgan fingerprint density at radius 2 is 1.58 bits per heavy atom. The fourth-order valence-corrected chi connectivity index (χ4v) is 3.87. The summed E-state index contributed by atoms with van der Waals surface area (Å²) in [5, 5.41) is 5.37. The zero-order valence-electron chi connectivity index (χ0n) is 19.5. The molecule has 0 aliphatic carbocycles. The van der Waals surface area contributed by atoms with Crippen LogP contribution >= 0.6 is 0 Å². The molecule has 0 bridgehead atoms. The molecule has 0 aromatic heterocycles. The summed E-state index contributed by atoms with van der Waals surface area (Å²) in [7, 11) is -0.591. The molecule has 0 heterocycles. The summed E-state index contributed by atoms with van der Waals surface area (Å²) in [6.45, 7) is 6.15. The SMILES string of the molecule is CCOc1ccc(C(=O)NCC(=O)NC(C)c2ccc(S(=O)(=O)N(C)C)cc2)cc1OCC. The lowest BCUT2D eigenvalue weighted by Gasteiger charge is -2.16. The number of carbonyl (C=O) groups is 2. The summed E-state index contributed by atoms with van der Waals surface area (Å²) < 4.78 is 36.5. The molecule has 0 aliphatic heterocycles. The van der Waals surface area contributed by atoms with Gasteiger partial charge in [-0.3, -0.25) is 9.59 Å². The zero-order valence-corrected chi connectivity index (χ0v) is 20.4. The Hall–Kier alpha value is -3.11. The number of ether oxygens (including phenoxy) is 2. The van der Waals surface area contributed by atoms with Crippen molar-refractivity contribution in [1.29, 1.82) is 0 Å². The van der Waals surface area contributed by atoms with Crippen molar-refractivity contribution in [3.63, 3.8) is 0 Å². The van der Waals surface area contributed by atoms with Crippen molar-refractivity contribution >= 4 is 21.8 Å². The molecule has 0 fully saturated rings. The van der Waals surface area contributed by atoms with Crippen LogP contribution in [0, 0.1) is 0 Å². The van der Waals surface area contributed by atoms with E-state index in [1.807, 2.05) is 13.8 Å². The van der Waals surface area contributed by atoms with E-state index in [-0.39, 0.29) is 23.4 Å². The molecule has 1 atom stereocenters. The Labute approximate surface area is 195 Å². The topological polar surface area (TPSA) is 114 Å². The van der Waals surface area contributed by atoms with E-state index >= 15 is 0 Å². The molecule has 1 unspecified atom stereocenters. The van der Waals surface area contributed by atoms with Gasteiger partial charge in [-0.1, -0.05) is 12.1 Å². The van der Waals surface area contributed by atoms with Gasteiger partial charge in [-0.15, -0.1) is 0 Å². The molecule has 33 heavy (non-hydrogen) atoms. The predicted molar refractivity (Wildman–Crippen MR) is 125 cm³/mol. The van der Waals surface area contributed by atoms with E-state index in [9.17, 15) is 18.0 Å². The van der Waals surface area contributed by atoms with Crippen molar-refractivity contribution in [3.05, 3.63) is 53.6 Å². The van der Waals surface area contributed by atoms with Crippen LogP contribution in [-0.4, -0.2) is 58.4 Å². The number of sulfonamides is 1. The van der Waals surface area contributed by atoms with E-state index in [0.717, 1.165) is 9.87 Å². The second-order valence-electron chi connectivity index (χ2n) is 7.36. The molecule has 0 saturated carbocycles. The highest BCUT2D eigenvalue weighted by molar-refractivity contribution is 7.89. The minimum Gasteiger partial charge on any atom is -0.490 e. The van der Waals surface area contributed by atoms with Crippen LogP contribution in [0.5, 0.6) is 11.5 Å². The first-order valence-corrected chi connectivity index (χ1v) is 12.0. The average molecular weight is 478 g/mol. The molecular weight excluding hydrogens is 446 g/mol. The van der Waals surface area contributed by atoms with Crippen LogP contribution < -0.4 is 20.1 Å². The van der Waals surface area contributed by atoms with Crippen LogP contribution in [-0.2, 0) is 14.8 Å². The third-order valence-electron chi connectivity index (χ3n) is 4.75. The molecule has 0 spiro atoms. The molecule has 2 aromatic carbocycles. The molecule has 0 radical (unpaired) electrons. The first kappa shape index (κ1) is 26.1. The van der Waals surface area contributed by atoms with Gasteiger partial charge < -0.3 is 20.1 Å². The van der Waals surface area contributed by atoms with Gasteiger partial charge in [0.2, 0.25) is 15.9 Å². The molecule has 0 aliphatic rings. The number of benzene rings is 2. The third-order valence-corrected chi connectivity index (χ3v) is 6.58. The predicted octanol–water partition coefficient (Wildman–Crippen LogP) is 2.34. The summed E-state index contributed by atoms with van der Waals surface area (Å²) in [6.07, 6.45) is 0. The van der Waals surface area contributed by atoms with Gasteiger partial charge in [0, 0.05) is 19.7 Å². The van der Waals surface area contributed by atoms with Gasteiger partial charge in [0.1, 0.15) is 0 Å². The highest BCUT2D eigenvalue weighted by Gasteiger charge is 2.18. The maximum atomic E-state index is 12.5. The summed E-state index contributed by atoms with van der Waals surface area (Å²) >= 11 is 0. The van der Waals surface area contributed by atoms with Crippen LogP contribution in [0.2, 0.25) is 0 Å². The van der Waals surface area contributed by atoms with Crippen molar-refractivity contribution in [3.8, 4) is 11.5 Å². The molecule has 0 saturated heterocycles. The first-order valence-electron chi connectivity index (χ1n) is 10.6. The number of rotatable bonds is 11. The standard InChI is InChI=1S/C23H31N3O6S/c1-6-31-20-13-10-18(14-21(20)32-7-2)23(28)24-15-22(27)25-16(3)17-8-11-19(12-9-17)33(29,30)26(4)5/h8-14,16H,6-7,15H2,1-5H3,(H,24,28)(H,25,27). The summed E-state index contributed by atoms with van der Waals surface area (Å²) in [4.78, 5) is 25.0. The Kier molecular flexibility index (Phi) is 9.24. The van der Waals surface area contributed by atoms with Gasteiger partial charge in [-0.05, 0) is 56.7 Å². The molecule has 9 nitrogen and oxygen atoms in total. The monoisotopic (exact) mass is 477 g/mol. The Morgan fingerprint density at radius 1 is 0.970 bits per heavy atom. The fraction of sp³-hybridized carbons (Fsp3) is 0.391. The largest absolute Gasteiger partial charge is 0.490 e. The van der Waals surface area contributed by atoms with Gasteiger partial charge in [0.05, 0.1) is 30.7 Å². The number of amides is 2. The number of hydrogen-bond donors (Lipinski definition) is 2. The Balaban J connectivity index is 1.95. The second kappa shape index (κ2) is 11.7. The molecule has 2 amide bonds. The van der Waals surface area contributed by atoms with Crippen molar-refractivity contribution in [2.75, 3.05) is 33.9 Å². The maximum Gasteiger partial charge on any atom is 0.251 e. The minimum atomic E-state index is -3.52. The number of hydrogen-bond acceptors (Lipinski definition) is 6. The number of carbonyl (C=O) groups excluding carboxylic acids is 2. The molecule has 10 heteroatoms. The van der Waals surface area contributed by atoms with E-state index in [4.69, 9.17) is 9.47 Å². The highest BCUT2D eigenvalue weighted by atomic mass is 32.2. The molecule has 2 aromatic rings. The number of nitrogens with one attached hydrogen (secondary N) is 2. The van der Waals surface area contributed by atoms with Crippen LogP contribution in [0.4, 0.5) is 0 Å². The van der Waals surface area contributed by atoms with Crippen molar-refractivity contribution in [1.82, 2.24) is 14.9 Å². The fourth-order valence-electron chi connectivity index (χ4n) is 2.97. The smallest absolute Gasteiger partial charge is 0.251 e. The van der Waals surface area contributed by atoms with E-state index in [1.54, 1.807) is 37.3 Å². The quantitative estimate of drug-likeness (QED) is 0.514. The van der Waals surface area contributed by atoms with Crippen LogP contribution in [0.1, 0.15) is 42.7 Å². The normalized spacial score (nSPS) is 12.2. The van der Waals surface area contributed by atoms with Crippen molar-refractivity contribution in [2.45, 2.75) is 31.7 Å². The Morgan fingerprint density at radius 3 is 2.15 bits per heavy atom. The summed E-state index contributed by atoms with van der Waals surface area (Å²) in [6, 6.07) is 10.8. The second-order valence-corrected chi connectivity index (χ2v) is 9.51. The third kappa shape index (κ3) is 6.93. The van der Waals surface area contributed by atoms with Gasteiger partial charge in [0.25, 0.3) is 5.91 Å². The van der Waals surface area contributed by atoms with E-state index < -0.39 is 15.9 Å². The van der Waals surface area contributed by atoms with Crippen molar-refractivity contribution < 1.29 is 27.5 Å². The van der Waals surface area contributed by atoms with E-state index in [0.29, 0.717) is 30.3 Å². The summed E-state index contributed by atoms with van der Waals surface area (Å²) in [5.41, 5.74) is 1.08. The highest BCUT2D eigenvalue weighted by Crippen LogP contribution is 2.28. The van der Waals surface area contributed by atoms with Crippen molar-refractivity contribution in [2.24, 2.45) is 0 Å². The van der Waals surface area contributed by atoms with E-state index in [2.05, 4.69) is 10.6 Å². The van der Waals surface area contributed by atoms with Crippen LogP contribution in [0.3, 0.4) is 0 Å². The lowest BCUT2D eigenvalue weighted by Crippen LogP contribution is -2.38. The average Bonchev–Trinajstić information content (AvgIpc) is 2.78. The van der Waals surface area contributed by atoms with Gasteiger partial charge in [-0.2, -0.15) is 0 Å². The van der Waals surface area contributed by atoms with Gasteiger partial charge >= 0.3 is 0 Å². The lowest BCUT2D eigenvalue weighted by atomic mass is 10.1. The minimum absolute atomic E-state index is 0.170. The van der Waals surface area contributed by atoms with Crippen LogP contribution in [0.25, 0.3) is 0 Å².